The molecule has 0 radical (unpaired) electrons. The van der Waals surface area contributed by atoms with Crippen molar-refractivity contribution in [3.8, 4) is 0 Å². The van der Waals surface area contributed by atoms with Gasteiger partial charge in [-0.15, -0.1) is 0 Å². The van der Waals surface area contributed by atoms with Crippen molar-refractivity contribution in [1.82, 2.24) is 4.57 Å². The number of aromatic nitrogens is 1. The third-order valence-corrected chi connectivity index (χ3v) is 5.47. The number of hydrogen-bond donors (Lipinski definition) is 0. The maximum absolute atomic E-state index is 12.7. The Labute approximate surface area is 168 Å². The van der Waals surface area contributed by atoms with Gasteiger partial charge < -0.3 is 9.30 Å². The summed E-state index contributed by atoms with van der Waals surface area (Å²) in [7, 11) is 0. The van der Waals surface area contributed by atoms with E-state index in [0.29, 0.717) is 22.9 Å². The van der Waals surface area contributed by atoms with Crippen molar-refractivity contribution >= 4 is 33.4 Å². The van der Waals surface area contributed by atoms with Gasteiger partial charge >= 0.3 is 5.97 Å². The number of carbonyl (C=O) groups is 2. The van der Waals surface area contributed by atoms with Crippen molar-refractivity contribution in [1.29, 1.82) is 0 Å². The normalized spacial score (nSPS) is 12.0. The van der Waals surface area contributed by atoms with Gasteiger partial charge in [-0.3, -0.25) is 9.59 Å². The summed E-state index contributed by atoms with van der Waals surface area (Å²) in [5, 5.41) is 0. The van der Waals surface area contributed by atoms with Crippen LogP contribution >= 0.6 is 11.3 Å². The Morgan fingerprint density at radius 2 is 1.96 bits per heavy atom. The summed E-state index contributed by atoms with van der Waals surface area (Å²) in [6.45, 7) is 8.31. The topological polar surface area (TPSA) is 60.7 Å². The van der Waals surface area contributed by atoms with Crippen LogP contribution in [0.5, 0.6) is 0 Å². The van der Waals surface area contributed by atoms with Gasteiger partial charge in [0.1, 0.15) is 6.54 Å². The molecule has 3 aromatic rings. The lowest BCUT2D eigenvalue weighted by Crippen LogP contribution is -2.23. The number of fused-ring (bicyclic) bond motifs is 1. The summed E-state index contributed by atoms with van der Waals surface area (Å²) in [5.74, 6) is -0.282. The van der Waals surface area contributed by atoms with Crippen LogP contribution in [-0.2, 0) is 16.1 Å². The van der Waals surface area contributed by atoms with Crippen LogP contribution in [0.25, 0.3) is 10.2 Å². The van der Waals surface area contributed by atoms with Gasteiger partial charge in [-0.1, -0.05) is 48.9 Å². The molecule has 0 aliphatic heterocycles. The summed E-state index contributed by atoms with van der Waals surface area (Å²) in [6.07, 6.45) is 0. The van der Waals surface area contributed by atoms with Crippen molar-refractivity contribution < 1.29 is 14.3 Å². The van der Waals surface area contributed by atoms with E-state index in [4.69, 9.17) is 4.74 Å². The molecule has 1 amide bonds. The second-order valence-electron chi connectivity index (χ2n) is 6.94. The Hall–Kier alpha value is -2.73. The molecule has 0 bridgehead atoms. The molecule has 0 aliphatic carbocycles. The zero-order valence-electron chi connectivity index (χ0n) is 16.6. The highest BCUT2D eigenvalue weighted by molar-refractivity contribution is 7.16. The van der Waals surface area contributed by atoms with E-state index in [0.717, 1.165) is 15.8 Å². The molecule has 0 fully saturated rings. The first-order valence-corrected chi connectivity index (χ1v) is 10.1. The molecule has 0 unspecified atom stereocenters. The van der Waals surface area contributed by atoms with Crippen molar-refractivity contribution in [2.75, 3.05) is 6.61 Å². The van der Waals surface area contributed by atoms with Gasteiger partial charge in [0.2, 0.25) is 0 Å². The quantitative estimate of drug-likeness (QED) is 0.599. The predicted molar refractivity (Wildman–Crippen MR) is 112 cm³/mol. The molecule has 0 N–H and O–H groups in total. The highest BCUT2D eigenvalue weighted by Gasteiger charge is 2.14. The maximum Gasteiger partial charge on any atom is 0.326 e. The van der Waals surface area contributed by atoms with Gasteiger partial charge in [0.15, 0.2) is 4.80 Å². The fraction of sp³-hybridized carbons (Fsp3) is 0.318. The molecular formula is C22H24N2O3S. The van der Waals surface area contributed by atoms with Crippen LogP contribution < -0.4 is 4.80 Å². The first-order valence-electron chi connectivity index (χ1n) is 9.33. The minimum atomic E-state index is -0.348. The average molecular weight is 397 g/mol. The fourth-order valence-corrected chi connectivity index (χ4v) is 4.03. The highest BCUT2D eigenvalue weighted by atomic mass is 32.1. The minimum Gasteiger partial charge on any atom is -0.465 e. The lowest BCUT2D eigenvalue weighted by Gasteiger charge is -2.07. The average Bonchev–Trinajstić information content (AvgIpc) is 2.98. The summed E-state index contributed by atoms with van der Waals surface area (Å²) in [4.78, 5) is 29.6. The van der Waals surface area contributed by atoms with Gasteiger partial charge in [-0.05, 0) is 49.6 Å². The van der Waals surface area contributed by atoms with E-state index >= 15 is 0 Å². The predicted octanol–water partition coefficient (Wildman–Crippen LogP) is 4.44. The smallest absolute Gasteiger partial charge is 0.326 e. The monoisotopic (exact) mass is 396 g/mol. The Morgan fingerprint density at radius 3 is 2.64 bits per heavy atom. The van der Waals surface area contributed by atoms with Crippen molar-refractivity contribution in [2.24, 2.45) is 4.99 Å². The van der Waals surface area contributed by atoms with Crippen LogP contribution in [0.15, 0.2) is 47.5 Å². The zero-order chi connectivity index (χ0) is 20.3. The Bertz CT molecular complexity index is 1090. The lowest BCUT2D eigenvalue weighted by atomic mass is 10.0. The van der Waals surface area contributed by atoms with Crippen LogP contribution in [0.3, 0.4) is 0 Å². The summed E-state index contributed by atoms with van der Waals surface area (Å²) in [5.41, 5.74) is 3.60. The molecule has 146 valence electrons. The number of thiazole rings is 1. The summed E-state index contributed by atoms with van der Waals surface area (Å²) >= 11 is 1.41. The first-order chi connectivity index (χ1) is 13.4. The number of esters is 1. The van der Waals surface area contributed by atoms with E-state index in [-0.39, 0.29) is 18.4 Å². The SMILES string of the molecule is CCOC(=O)Cn1c(=NC(=O)c2cccc(C)c2)sc2cc(C(C)C)ccc21. The molecule has 3 rings (SSSR count). The number of nitrogens with zero attached hydrogens (tertiary/aromatic N) is 2. The third-order valence-electron chi connectivity index (χ3n) is 4.43. The molecule has 0 saturated heterocycles. The molecule has 1 heterocycles. The molecule has 1 aromatic heterocycles. The number of hydrogen-bond acceptors (Lipinski definition) is 4. The fourth-order valence-electron chi connectivity index (χ4n) is 2.95. The number of carbonyl (C=O) groups excluding carboxylic acids is 2. The van der Waals surface area contributed by atoms with Crippen molar-refractivity contribution in [3.05, 3.63) is 64.0 Å². The second-order valence-corrected chi connectivity index (χ2v) is 7.95. The van der Waals surface area contributed by atoms with Gasteiger partial charge in [0.25, 0.3) is 5.91 Å². The minimum absolute atomic E-state index is 0.0226. The Kier molecular flexibility index (Phi) is 6.09. The first kappa shape index (κ1) is 20.0. The maximum atomic E-state index is 12.7. The van der Waals surface area contributed by atoms with Crippen LogP contribution in [0, 0.1) is 6.92 Å². The standard InChI is InChI=1S/C22H24N2O3S/c1-5-27-20(25)13-24-18-10-9-16(14(2)3)12-19(18)28-22(24)23-21(26)17-8-6-7-15(4)11-17/h6-12,14H,5,13H2,1-4H3. The van der Waals surface area contributed by atoms with Crippen molar-refractivity contribution in [3.63, 3.8) is 0 Å². The molecule has 0 aliphatic rings. The zero-order valence-corrected chi connectivity index (χ0v) is 17.4. The van der Waals surface area contributed by atoms with Crippen LogP contribution in [0.2, 0.25) is 0 Å². The molecule has 6 heteroatoms. The molecule has 0 spiro atoms. The van der Waals surface area contributed by atoms with Crippen LogP contribution in [0.1, 0.15) is 48.2 Å². The van der Waals surface area contributed by atoms with Gasteiger partial charge in [0, 0.05) is 5.56 Å². The molecule has 2 aromatic carbocycles. The molecule has 5 nitrogen and oxygen atoms in total. The molecule has 0 saturated carbocycles. The Morgan fingerprint density at radius 1 is 1.18 bits per heavy atom. The van der Waals surface area contributed by atoms with E-state index in [1.807, 2.05) is 37.3 Å². The molecule has 28 heavy (non-hydrogen) atoms. The van der Waals surface area contributed by atoms with E-state index in [2.05, 4.69) is 24.9 Å². The van der Waals surface area contributed by atoms with Crippen LogP contribution in [-0.4, -0.2) is 23.1 Å². The van der Waals surface area contributed by atoms with Gasteiger partial charge in [-0.25, -0.2) is 0 Å². The Balaban J connectivity index is 2.13. The van der Waals surface area contributed by atoms with E-state index in [1.165, 1.54) is 16.9 Å². The summed E-state index contributed by atoms with van der Waals surface area (Å²) in [6, 6.07) is 13.5. The number of amides is 1. The van der Waals surface area contributed by atoms with E-state index in [9.17, 15) is 9.59 Å². The van der Waals surface area contributed by atoms with E-state index < -0.39 is 0 Å². The number of benzene rings is 2. The lowest BCUT2D eigenvalue weighted by molar-refractivity contribution is -0.143. The summed E-state index contributed by atoms with van der Waals surface area (Å²) < 4.78 is 7.86. The highest BCUT2D eigenvalue weighted by Crippen LogP contribution is 2.23. The largest absolute Gasteiger partial charge is 0.465 e. The van der Waals surface area contributed by atoms with E-state index in [1.54, 1.807) is 17.6 Å². The molecular weight excluding hydrogens is 372 g/mol. The number of ether oxygens (including phenoxy) is 1. The molecule has 0 atom stereocenters. The van der Waals surface area contributed by atoms with Crippen LogP contribution in [0.4, 0.5) is 0 Å². The van der Waals surface area contributed by atoms with Crippen molar-refractivity contribution in [2.45, 2.75) is 40.2 Å². The third kappa shape index (κ3) is 4.39. The second kappa shape index (κ2) is 8.52. The number of rotatable bonds is 5. The van der Waals surface area contributed by atoms with Gasteiger partial charge in [0.05, 0.1) is 16.8 Å². The van der Waals surface area contributed by atoms with Gasteiger partial charge in [-0.2, -0.15) is 4.99 Å². The number of aryl methyl sites for hydroxylation is 1.